The third kappa shape index (κ3) is 3.47. The SMILES string of the molecule is COC(=O)[C@@H]1C2CCCC(CC2)C1Nc1nc(-c2nn(C)c3ncc(F)cc23)ncc1F. The van der Waals surface area contributed by atoms with Crippen LogP contribution in [0.5, 0.6) is 0 Å². The van der Waals surface area contributed by atoms with E-state index in [4.69, 9.17) is 4.74 Å². The number of ether oxygens (including phenoxy) is 1. The topological polar surface area (TPSA) is 94.8 Å². The second kappa shape index (κ2) is 8.07. The van der Waals surface area contributed by atoms with Crippen LogP contribution in [0.15, 0.2) is 18.5 Å². The van der Waals surface area contributed by atoms with Crippen molar-refractivity contribution in [2.24, 2.45) is 24.8 Å². The second-order valence-corrected chi connectivity index (χ2v) is 8.63. The molecule has 6 rings (SSSR count). The highest BCUT2D eigenvalue weighted by atomic mass is 19.1. The Morgan fingerprint density at radius 1 is 1.16 bits per heavy atom. The number of esters is 1. The first-order valence-electron chi connectivity index (χ1n) is 10.8. The van der Waals surface area contributed by atoms with Gasteiger partial charge in [0.15, 0.2) is 23.1 Å². The van der Waals surface area contributed by atoms with Crippen LogP contribution in [0.4, 0.5) is 14.6 Å². The summed E-state index contributed by atoms with van der Waals surface area (Å²) in [4.78, 5) is 25.2. The third-order valence-electron chi connectivity index (χ3n) is 6.84. The van der Waals surface area contributed by atoms with E-state index in [9.17, 15) is 13.6 Å². The van der Waals surface area contributed by atoms with Crippen LogP contribution in [0.1, 0.15) is 32.1 Å². The molecule has 0 saturated heterocycles. The molecule has 3 heterocycles. The Hall–Kier alpha value is -3.17. The molecule has 3 aliphatic carbocycles. The molecule has 3 fully saturated rings. The van der Waals surface area contributed by atoms with Gasteiger partial charge < -0.3 is 10.1 Å². The summed E-state index contributed by atoms with van der Waals surface area (Å²) in [7, 11) is 3.07. The number of carbonyl (C=O) groups is 1. The fourth-order valence-electron chi connectivity index (χ4n) is 5.37. The maximum Gasteiger partial charge on any atom is 0.311 e. The van der Waals surface area contributed by atoms with Crippen molar-refractivity contribution >= 4 is 22.8 Å². The molecule has 3 aromatic heterocycles. The Labute approximate surface area is 183 Å². The number of pyridine rings is 1. The Balaban J connectivity index is 1.54. The van der Waals surface area contributed by atoms with Crippen molar-refractivity contribution in [2.45, 2.75) is 38.1 Å². The summed E-state index contributed by atoms with van der Waals surface area (Å²) < 4.78 is 35.2. The van der Waals surface area contributed by atoms with Gasteiger partial charge in [0, 0.05) is 13.1 Å². The van der Waals surface area contributed by atoms with Gasteiger partial charge in [0.25, 0.3) is 0 Å². The van der Waals surface area contributed by atoms with E-state index in [0.717, 1.165) is 44.5 Å². The molecule has 1 N–H and O–H groups in total. The molecule has 0 amide bonds. The lowest BCUT2D eigenvalue weighted by molar-refractivity contribution is -0.149. The Kier molecular flexibility index (Phi) is 5.22. The molecule has 3 unspecified atom stereocenters. The molecule has 0 aliphatic heterocycles. The predicted molar refractivity (Wildman–Crippen MR) is 112 cm³/mol. The van der Waals surface area contributed by atoms with E-state index >= 15 is 0 Å². The van der Waals surface area contributed by atoms with E-state index < -0.39 is 11.6 Å². The molecule has 0 spiro atoms. The van der Waals surface area contributed by atoms with Crippen LogP contribution in [0.25, 0.3) is 22.6 Å². The van der Waals surface area contributed by atoms with E-state index in [2.05, 4.69) is 25.4 Å². The number of hydrogen-bond donors (Lipinski definition) is 1. The minimum Gasteiger partial charge on any atom is -0.469 e. The van der Waals surface area contributed by atoms with Gasteiger partial charge in [-0.1, -0.05) is 6.42 Å². The fourth-order valence-corrected chi connectivity index (χ4v) is 5.37. The fraction of sp³-hybridized carbons (Fsp3) is 0.500. The van der Waals surface area contributed by atoms with Gasteiger partial charge in [0.2, 0.25) is 0 Å². The van der Waals surface area contributed by atoms with Gasteiger partial charge in [-0.25, -0.2) is 28.4 Å². The maximum atomic E-state index is 14.8. The van der Waals surface area contributed by atoms with E-state index in [-0.39, 0.29) is 41.4 Å². The van der Waals surface area contributed by atoms with Crippen LogP contribution >= 0.6 is 0 Å². The van der Waals surface area contributed by atoms with Crippen LogP contribution in [-0.2, 0) is 16.6 Å². The highest BCUT2D eigenvalue weighted by molar-refractivity contribution is 5.89. The van der Waals surface area contributed by atoms with E-state index in [1.807, 2.05) is 0 Å². The number of rotatable bonds is 4. The number of carbonyl (C=O) groups excluding carboxylic acids is 1. The van der Waals surface area contributed by atoms with E-state index in [1.54, 1.807) is 7.05 Å². The lowest BCUT2D eigenvalue weighted by atomic mass is 9.71. The zero-order valence-corrected chi connectivity index (χ0v) is 17.9. The van der Waals surface area contributed by atoms with Gasteiger partial charge in [-0.15, -0.1) is 0 Å². The minimum atomic E-state index is -0.623. The Morgan fingerprint density at radius 2 is 1.94 bits per heavy atom. The highest BCUT2D eigenvalue weighted by Gasteiger charge is 2.46. The lowest BCUT2D eigenvalue weighted by Crippen LogP contribution is -2.47. The zero-order valence-electron chi connectivity index (χ0n) is 17.9. The monoisotopic (exact) mass is 442 g/mol. The quantitative estimate of drug-likeness (QED) is 0.618. The van der Waals surface area contributed by atoms with Gasteiger partial charge in [-0.05, 0) is 43.6 Å². The summed E-state index contributed by atoms with van der Waals surface area (Å²) in [5, 5.41) is 8.01. The molecule has 168 valence electrons. The Morgan fingerprint density at radius 3 is 2.75 bits per heavy atom. The summed E-state index contributed by atoms with van der Waals surface area (Å²) in [5.74, 6) is -1.17. The number of methoxy groups -OCH3 is 1. The van der Waals surface area contributed by atoms with Crippen LogP contribution in [0, 0.1) is 29.4 Å². The van der Waals surface area contributed by atoms with Gasteiger partial charge >= 0.3 is 5.97 Å². The third-order valence-corrected chi connectivity index (χ3v) is 6.84. The molecule has 2 bridgehead atoms. The maximum absolute atomic E-state index is 14.8. The van der Waals surface area contributed by atoms with Gasteiger partial charge in [-0.2, -0.15) is 5.10 Å². The van der Waals surface area contributed by atoms with Crippen molar-refractivity contribution in [1.82, 2.24) is 24.7 Å². The van der Waals surface area contributed by atoms with Gasteiger partial charge in [-0.3, -0.25) is 4.79 Å². The summed E-state index contributed by atoms with van der Waals surface area (Å²) in [6.07, 6.45) is 7.10. The molecule has 4 atom stereocenters. The number of anilines is 1. The van der Waals surface area contributed by atoms with Crippen LogP contribution in [0.3, 0.4) is 0 Å². The summed E-state index contributed by atoms with van der Waals surface area (Å²) >= 11 is 0. The lowest BCUT2D eigenvalue weighted by Gasteiger charge is -2.39. The normalized spacial score (nSPS) is 25.0. The van der Waals surface area contributed by atoms with Crippen LogP contribution in [0.2, 0.25) is 0 Å². The number of fused-ring (bicyclic) bond motifs is 5. The molecule has 3 aromatic rings. The van der Waals surface area contributed by atoms with Gasteiger partial charge in [0.1, 0.15) is 11.5 Å². The van der Waals surface area contributed by atoms with Crippen molar-refractivity contribution < 1.29 is 18.3 Å². The van der Waals surface area contributed by atoms with Crippen molar-refractivity contribution in [3.8, 4) is 11.5 Å². The van der Waals surface area contributed by atoms with Crippen LogP contribution < -0.4 is 5.32 Å². The number of nitrogens with zero attached hydrogens (tertiary/aromatic N) is 5. The molecule has 0 radical (unpaired) electrons. The minimum absolute atomic E-state index is 0.00428. The number of hydrogen-bond acceptors (Lipinski definition) is 7. The van der Waals surface area contributed by atoms with E-state index in [1.165, 1.54) is 17.9 Å². The number of nitrogens with one attached hydrogen (secondary N) is 1. The first-order chi connectivity index (χ1) is 15.5. The van der Waals surface area contributed by atoms with Crippen molar-refractivity contribution in [3.63, 3.8) is 0 Å². The molecule has 0 aromatic carbocycles. The average Bonchev–Trinajstić information content (AvgIpc) is 2.93. The Bertz CT molecular complexity index is 1180. The molecule has 3 saturated carbocycles. The van der Waals surface area contributed by atoms with E-state index in [0.29, 0.717) is 16.7 Å². The predicted octanol–water partition coefficient (Wildman–Crippen LogP) is 3.48. The number of halogens is 2. The highest BCUT2D eigenvalue weighted by Crippen LogP contribution is 2.45. The van der Waals surface area contributed by atoms with Crippen LogP contribution in [-0.4, -0.2) is 43.9 Å². The second-order valence-electron chi connectivity index (χ2n) is 8.63. The van der Waals surface area contributed by atoms with Crippen molar-refractivity contribution in [1.29, 1.82) is 0 Å². The van der Waals surface area contributed by atoms with Crippen molar-refractivity contribution in [2.75, 3.05) is 12.4 Å². The zero-order chi connectivity index (χ0) is 22.4. The molecular formula is C22H24F2N6O2. The number of aryl methyl sites for hydroxylation is 1. The molecule has 10 heteroatoms. The summed E-state index contributed by atoms with van der Waals surface area (Å²) in [5.41, 5.74) is 0.778. The smallest absolute Gasteiger partial charge is 0.311 e. The number of aromatic nitrogens is 5. The largest absolute Gasteiger partial charge is 0.469 e. The van der Waals surface area contributed by atoms with Crippen molar-refractivity contribution in [3.05, 3.63) is 30.1 Å². The molecule has 3 aliphatic rings. The molecule has 32 heavy (non-hydrogen) atoms. The summed E-state index contributed by atoms with van der Waals surface area (Å²) in [6, 6.07) is 1.03. The average molecular weight is 442 g/mol. The first-order valence-corrected chi connectivity index (χ1v) is 10.8. The molecular weight excluding hydrogens is 418 g/mol. The first kappa shape index (κ1) is 20.7. The van der Waals surface area contributed by atoms with Gasteiger partial charge in [0.05, 0.1) is 30.8 Å². The molecule has 8 nitrogen and oxygen atoms in total. The standard InChI is InChI=1S/C22H24F2N6O2/c1-30-21-14(8-13(23)9-26-21)18(29-30)20-25-10-15(24)19(28-20)27-17-12-5-3-4-11(6-7-12)16(17)22(31)32-2/h8-12,16-17H,3-7H2,1-2H3,(H,25,27,28)/t11?,12?,16-,17?/m1/s1. The summed E-state index contributed by atoms with van der Waals surface area (Å²) in [6.45, 7) is 0.